The molecule has 0 aliphatic rings. The Morgan fingerprint density at radius 1 is 1.39 bits per heavy atom. The fourth-order valence-corrected chi connectivity index (χ4v) is 4.16. The minimum absolute atomic E-state index is 0.137. The van der Waals surface area contributed by atoms with Crippen LogP contribution in [0.3, 0.4) is 0 Å². The van der Waals surface area contributed by atoms with Gasteiger partial charge in [0.05, 0.1) is 7.11 Å². The zero-order valence-corrected chi connectivity index (χ0v) is 14.2. The van der Waals surface area contributed by atoms with E-state index in [1.165, 1.54) is 24.8 Å². The number of aryl methyl sites for hydroxylation is 1. The zero-order chi connectivity index (χ0) is 16.4. The Morgan fingerprint density at radius 3 is 2.96 bits per heavy atom. The molecule has 0 bridgehead atoms. The Hall–Kier alpha value is -2.04. The third-order valence-corrected chi connectivity index (χ3v) is 5.62. The SMILES string of the molecule is COc1ccc(C)cc1S(=O)(=O)NCCc1nn2cnnc2s1. The number of rotatable bonds is 6. The molecule has 0 aliphatic carbocycles. The van der Waals surface area contributed by atoms with Crippen LogP contribution in [0.15, 0.2) is 29.4 Å². The second kappa shape index (κ2) is 6.22. The molecule has 0 saturated carbocycles. The fraction of sp³-hybridized carbons (Fsp3) is 0.308. The van der Waals surface area contributed by atoms with Gasteiger partial charge in [0.15, 0.2) is 0 Å². The van der Waals surface area contributed by atoms with Gasteiger partial charge in [0, 0.05) is 13.0 Å². The molecular formula is C13H15N5O3S2. The smallest absolute Gasteiger partial charge is 0.244 e. The summed E-state index contributed by atoms with van der Waals surface area (Å²) >= 11 is 1.38. The van der Waals surface area contributed by atoms with E-state index in [9.17, 15) is 8.42 Å². The lowest BCUT2D eigenvalue weighted by atomic mass is 10.2. The average Bonchev–Trinajstić information content (AvgIpc) is 3.08. The van der Waals surface area contributed by atoms with Crippen LogP contribution in [0.25, 0.3) is 4.96 Å². The first-order valence-electron chi connectivity index (χ1n) is 6.79. The predicted molar refractivity (Wildman–Crippen MR) is 85.3 cm³/mol. The number of hydrogen-bond acceptors (Lipinski definition) is 7. The predicted octanol–water partition coefficient (Wildman–Crippen LogP) is 1.02. The molecule has 23 heavy (non-hydrogen) atoms. The molecule has 10 heteroatoms. The van der Waals surface area contributed by atoms with Crippen LogP contribution in [0.1, 0.15) is 10.6 Å². The summed E-state index contributed by atoms with van der Waals surface area (Å²) in [6.45, 7) is 2.07. The monoisotopic (exact) mass is 353 g/mol. The van der Waals surface area contributed by atoms with Crippen LogP contribution in [0.4, 0.5) is 0 Å². The van der Waals surface area contributed by atoms with Gasteiger partial charge in [-0.1, -0.05) is 17.4 Å². The zero-order valence-electron chi connectivity index (χ0n) is 12.6. The van der Waals surface area contributed by atoms with E-state index in [2.05, 4.69) is 20.0 Å². The summed E-state index contributed by atoms with van der Waals surface area (Å²) < 4.78 is 34.2. The summed E-state index contributed by atoms with van der Waals surface area (Å²) in [7, 11) is -2.20. The number of sulfonamides is 1. The molecule has 8 nitrogen and oxygen atoms in total. The van der Waals surface area contributed by atoms with Gasteiger partial charge in [-0.3, -0.25) is 0 Å². The number of ether oxygens (including phenoxy) is 1. The van der Waals surface area contributed by atoms with Crippen LogP contribution in [0, 0.1) is 6.92 Å². The van der Waals surface area contributed by atoms with Crippen LogP contribution >= 0.6 is 11.3 Å². The minimum atomic E-state index is -3.65. The van der Waals surface area contributed by atoms with E-state index in [-0.39, 0.29) is 11.4 Å². The van der Waals surface area contributed by atoms with Crippen molar-refractivity contribution in [2.75, 3.05) is 13.7 Å². The summed E-state index contributed by atoms with van der Waals surface area (Å²) in [5.41, 5.74) is 0.847. The van der Waals surface area contributed by atoms with Gasteiger partial charge in [0.1, 0.15) is 22.0 Å². The van der Waals surface area contributed by atoms with Crippen LogP contribution < -0.4 is 9.46 Å². The number of nitrogens with one attached hydrogen (secondary N) is 1. The lowest BCUT2D eigenvalue weighted by Gasteiger charge is -2.11. The molecule has 3 aromatic rings. The molecule has 0 aliphatic heterocycles. The van der Waals surface area contributed by atoms with Gasteiger partial charge in [-0.15, -0.1) is 10.2 Å². The molecule has 0 amide bonds. The van der Waals surface area contributed by atoms with E-state index in [1.807, 2.05) is 6.92 Å². The highest BCUT2D eigenvalue weighted by Crippen LogP contribution is 2.24. The number of nitrogens with zero attached hydrogens (tertiary/aromatic N) is 4. The molecule has 122 valence electrons. The molecule has 0 atom stereocenters. The first-order valence-corrected chi connectivity index (χ1v) is 9.09. The van der Waals surface area contributed by atoms with Crippen molar-refractivity contribution in [2.45, 2.75) is 18.2 Å². The molecule has 1 aromatic carbocycles. The molecule has 0 radical (unpaired) electrons. The van der Waals surface area contributed by atoms with Crippen molar-refractivity contribution in [1.82, 2.24) is 24.5 Å². The summed E-state index contributed by atoms with van der Waals surface area (Å²) in [4.78, 5) is 0.821. The Bertz CT molecular complexity index is 904. The maximum absolute atomic E-state index is 12.4. The highest BCUT2D eigenvalue weighted by atomic mass is 32.2. The van der Waals surface area contributed by atoms with Crippen molar-refractivity contribution in [3.63, 3.8) is 0 Å². The molecule has 0 fully saturated rings. The van der Waals surface area contributed by atoms with Crippen molar-refractivity contribution in [3.8, 4) is 5.75 Å². The Kier molecular flexibility index (Phi) is 4.28. The summed E-state index contributed by atoms with van der Waals surface area (Å²) in [5.74, 6) is 0.321. The second-order valence-electron chi connectivity index (χ2n) is 4.86. The van der Waals surface area contributed by atoms with Crippen molar-refractivity contribution in [1.29, 1.82) is 0 Å². The van der Waals surface area contributed by atoms with Crippen molar-refractivity contribution in [3.05, 3.63) is 35.1 Å². The Labute approximate surface area is 137 Å². The van der Waals surface area contributed by atoms with Crippen LogP contribution in [-0.2, 0) is 16.4 Å². The highest BCUT2D eigenvalue weighted by Gasteiger charge is 2.19. The maximum Gasteiger partial charge on any atom is 0.244 e. The van der Waals surface area contributed by atoms with Gasteiger partial charge in [-0.2, -0.15) is 9.61 Å². The quantitative estimate of drug-likeness (QED) is 0.710. The van der Waals surface area contributed by atoms with E-state index in [0.29, 0.717) is 17.1 Å². The Balaban J connectivity index is 1.71. The van der Waals surface area contributed by atoms with Gasteiger partial charge < -0.3 is 4.74 Å². The van der Waals surface area contributed by atoms with Gasteiger partial charge in [-0.05, 0) is 24.6 Å². The number of aromatic nitrogens is 4. The van der Waals surface area contributed by atoms with Gasteiger partial charge in [0.2, 0.25) is 15.0 Å². The molecule has 1 N–H and O–H groups in total. The number of hydrogen-bond donors (Lipinski definition) is 1. The van der Waals surface area contributed by atoms with E-state index < -0.39 is 10.0 Å². The minimum Gasteiger partial charge on any atom is -0.495 e. The molecule has 2 aromatic heterocycles. The summed E-state index contributed by atoms with van der Waals surface area (Å²) in [6.07, 6.45) is 1.98. The Morgan fingerprint density at radius 2 is 2.22 bits per heavy atom. The van der Waals surface area contributed by atoms with Crippen LogP contribution in [0.2, 0.25) is 0 Å². The molecular weight excluding hydrogens is 338 g/mol. The fourth-order valence-electron chi connectivity index (χ4n) is 2.07. The topological polar surface area (TPSA) is 98.5 Å². The number of benzene rings is 1. The number of methoxy groups -OCH3 is 1. The molecule has 0 saturated heterocycles. The van der Waals surface area contributed by atoms with Crippen molar-refractivity contribution in [2.24, 2.45) is 0 Å². The lowest BCUT2D eigenvalue weighted by Crippen LogP contribution is -2.26. The van der Waals surface area contributed by atoms with Gasteiger partial charge in [0.25, 0.3) is 0 Å². The summed E-state index contributed by atoms with van der Waals surface area (Å²) in [6, 6.07) is 5.04. The van der Waals surface area contributed by atoms with E-state index >= 15 is 0 Å². The molecule has 3 rings (SSSR count). The van der Waals surface area contributed by atoms with Gasteiger partial charge in [-0.25, -0.2) is 13.1 Å². The van der Waals surface area contributed by atoms with Gasteiger partial charge >= 0.3 is 0 Å². The number of fused-ring (bicyclic) bond motifs is 1. The second-order valence-corrected chi connectivity index (χ2v) is 7.63. The molecule has 0 spiro atoms. The molecule has 0 unspecified atom stereocenters. The highest BCUT2D eigenvalue weighted by molar-refractivity contribution is 7.89. The first-order chi connectivity index (χ1) is 11.0. The lowest BCUT2D eigenvalue weighted by molar-refractivity contribution is 0.402. The first kappa shape index (κ1) is 15.8. The van der Waals surface area contributed by atoms with E-state index in [0.717, 1.165) is 10.6 Å². The maximum atomic E-state index is 12.4. The van der Waals surface area contributed by atoms with Crippen LogP contribution in [0.5, 0.6) is 5.75 Å². The summed E-state index contributed by atoms with van der Waals surface area (Å²) in [5, 5.41) is 12.7. The molecule has 2 heterocycles. The average molecular weight is 353 g/mol. The largest absolute Gasteiger partial charge is 0.495 e. The van der Waals surface area contributed by atoms with Crippen molar-refractivity contribution < 1.29 is 13.2 Å². The third-order valence-electron chi connectivity index (χ3n) is 3.17. The normalized spacial score (nSPS) is 11.9. The van der Waals surface area contributed by atoms with E-state index in [1.54, 1.807) is 22.7 Å². The van der Waals surface area contributed by atoms with Crippen LogP contribution in [-0.4, -0.2) is 41.9 Å². The van der Waals surface area contributed by atoms with Crippen molar-refractivity contribution >= 4 is 26.3 Å². The van der Waals surface area contributed by atoms with E-state index in [4.69, 9.17) is 4.74 Å². The third kappa shape index (κ3) is 3.33. The standard InChI is InChI=1S/C13H15N5O3S2/c1-9-3-4-10(21-2)11(7-9)23(19,20)15-6-5-12-17-18-8-14-16-13(18)22-12/h3-4,7-8,15H,5-6H2,1-2H3.